The van der Waals surface area contributed by atoms with Gasteiger partial charge in [-0.05, 0) is 71.0 Å². The molecule has 0 spiro atoms. The molecule has 2 nitrogen and oxygen atoms in total. The summed E-state index contributed by atoms with van der Waals surface area (Å²) in [5.74, 6) is -0.246. The second-order valence-electron chi connectivity index (χ2n) is 9.42. The maximum atomic E-state index is 14.1. The first-order chi connectivity index (χ1) is 18.2. The van der Waals surface area contributed by atoms with E-state index in [1.807, 2.05) is 42.6 Å². The van der Waals surface area contributed by atoms with Crippen molar-refractivity contribution in [1.29, 1.82) is 0 Å². The Balaban J connectivity index is 1.40. The number of benzene rings is 5. The smallest absolute Gasteiger partial charge is 0.143 e. The van der Waals surface area contributed by atoms with E-state index in [1.54, 1.807) is 12.1 Å². The number of nitrogens with zero attached hydrogens (tertiary/aromatic N) is 1. The second-order valence-corrected chi connectivity index (χ2v) is 9.42. The van der Waals surface area contributed by atoms with Gasteiger partial charge < -0.3 is 4.42 Å². The maximum absolute atomic E-state index is 14.1. The minimum atomic E-state index is -0.246. The van der Waals surface area contributed by atoms with Gasteiger partial charge in [-0.1, -0.05) is 72.8 Å². The molecule has 2 aromatic heterocycles. The van der Waals surface area contributed by atoms with Crippen LogP contribution < -0.4 is 0 Å². The summed E-state index contributed by atoms with van der Waals surface area (Å²) in [5, 5.41) is 4.09. The van der Waals surface area contributed by atoms with Crippen molar-refractivity contribution in [3.8, 4) is 33.5 Å². The van der Waals surface area contributed by atoms with Crippen LogP contribution in [0.2, 0.25) is 0 Å². The van der Waals surface area contributed by atoms with Gasteiger partial charge in [0.15, 0.2) is 0 Å². The fraction of sp³-hybridized carbons (Fsp3) is 0.0294. The van der Waals surface area contributed by atoms with Crippen LogP contribution in [-0.2, 0) is 0 Å². The molecule has 0 radical (unpaired) electrons. The van der Waals surface area contributed by atoms with Gasteiger partial charge in [0.25, 0.3) is 0 Å². The molecule has 0 fully saturated rings. The Morgan fingerprint density at radius 1 is 0.595 bits per heavy atom. The average Bonchev–Trinajstić information content (AvgIpc) is 3.31. The predicted octanol–water partition coefficient (Wildman–Crippen LogP) is 9.58. The normalized spacial score (nSPS) is 11.5. The van der Waals surface area contributed by atoms with Gasteiger partial charge in [-0.15, -0.1) is 0 Å². The molecule has 0 aliphatic rings. The van der Waals surface area contributed by atoms with Crippen LogP contribution in [0.1, 0.15) is 5.56 Å². The lowest BCUT2D eigenvalue weighted by Crippen LogP contribution is -1.89. The first kappa shape index (κ1) is 21.5. The summed E-state index contributed by atoms with van der Waals surface area (Å²) in [5.41, 5.74) is 8.86. The van der Waals surface area contributed by atoms with Gasteiger partial charge in [-0.25, -0.2) is 4.39 Å². The van der Waals surface area contributed by atoms with Crippen molar-refractivity contribution in [3.05, 3.63) is 127 Å². The SMILES string of the molecule is Cc1cc(-c2ccc3c(c2)oc2c4ccccc4c(-c4cccc(F)c4)cc32)ncc1-c1ccccc1. The molecule has 2 heterocycles. The Kier molecular flexibility index (Phi) is 4.90. The van der Waals surface area contributed by atoms with Crippen LogP contribution >= 0.6 is 0 Å². The van der Waals surface area contributed by atoms with E-state index in [4.69, 9.17) is 9.40 Å². The molecule has 0 saturated heterocycles. The third-order valence-corrected chi connectivity index (χ3v) is 7.11. The molecule has 0 amide bonds. The molecule has 37 heavy (non-hydrogen) atoms. The van der Waals surface area contributed by atoms with Crippen LogP contribution in [0.25, 0.3) is 66.2 Å². The molecule has 0 saturated carbocycles. The molecule has 3 heteroatoms. The predicted molar refractivity (Wildman–Crippen MR) is 150 cm³/mol. The molecular weight excluding hydrogens is 457 g/mol. The molecule has 0 unspecified atom stereocenters. The van der Waals surface area contributed by atoms with Gasteiger partial charge in [0.1, 0.15) is 17.0 Å². The highest BCUT2D eigenvalue weighted by Gasteiger charge is 2.16. The first-order valence-electron chi connectivity index (χ1n) is 12.3. The van der Waals surface area contributed by atoms with Crippen LogP contribution in [0.4, 0.5) is 4.39 Å². The highest BCUT2D eigenvalue weighted by atomic mass is 19.1. The molecule has 0 atom stereocenters. The summed E-state index contributed by atoms with van der Waals surface area (Å²) < 4.78 is 20.6. The van der Waals surface area contributed by atoms with Gasteiger partial charge in [0, 0.05) is 33.5 Å². The maximum Gasteiger partial charge on any atom is 0.143 e. The quantitative estimate of drug-likeness (QED) is 0.252. The van der Waals surface area contributed by atoms with Crippen molar-refractivity contribution < 1.29 is 8.81 Å². The number of aryl methyl sites for hydroxylation is 1. The minimum absolute atomic E-state index is 0.246. The van der Waals surface area contributed by atoms with Crippen LogP contribution in [0.5, 0.6) is 0 Å². The minimum Gasteiger partial charge on any atom is -0.455 e. The lowest BCUT2D eigenvalue weighted by Gasteiger charge is -2.09. The van der Waals surface area contributed by atoms with E-state index < -0.39 is 0 Å². The standard InChI is InChI=1S/C34H22FNO/c1-21-16-32(36-20-31(21)22-8-3-2-4-9-22)24-14-15-27-30-19-29(23-10-7-11-25(35)17-23)26-12-5-6-13-28(26)34(30)37-33(27)18-24/h2-20H,1H3. The molecule has 0 aliphatic carbocycles. The lowest BCUT2D eigenvalue weighted by molar-refractivity contribution is 0.628. The van der Waals surface area contributed by atoms with Crippen LogP contribution in [0, 0.1) is 12.7 Å². The number of hydrogen-bond acceptors (Lipinski definition) is 2. The molecule has 0 aliphatic heterocycles. The number of pyridine rings is 1. The zero-order chi connectivity index (χ0) is 24.9. The van der Waals surface area contributed by atoms with E-state index in [2.05, 4.69) is 61.5 Å². The molecule has 7 rings (SSSR count). The van der Waals surface area contributed by atoms with Gasteiger partial charge >= 0.3 is 0 Å². The Morgan fingerprint density at radius 2 is 1.38 bits per heavy atom. The summed E-state index contributed by atoms with van der Waals surface area (Å²) >= 11 is 0. The van der Waals surface area contributed by atoms with Crippen molar-refractivity contribution in [3.63, 3.8) is 0 Å². The van der Waals surface area contributed by atoms with Crippen LogP contribution in [0.15, 0.2) is 120 Å². The molecule has 176 valence electrons. The highest BCUT2D eigenvalue weighted by molar-refractivity contribution is 6.19. The Labute approximate surface area is 213 Å². The summed E-state index contributed by atoms with van der Waals surface area (Å²) in [7, 11) is 0. The van der Waals surface area contributed by atoms with Crippen molar-refractivity contribution in [2.75, 3.05) is 0 Å². The number of aromatic nitrogens is 1. The van der Waals surface area contributed by atoms with Crippen molar-refractivity contribution in [1.82, 2.24) is 4.98 Å². The van der Waals surface area contributed by atoms with Crippen LogP contribution in [-0.4, -0.2) is 4.98 Å². The van der Waals surface area contributed by atoms with Crippen LogP contribution in [0.3, 0.4) is 0 Å². The van der Waals surface area contributed by atoms with Crippen molar-refractivity contribution >= 4 is 32.7 Å². The number of hydrogen-bond donors (Lipinski definition) is 0. The third-order valence-electron chi connectivity index (χ3n) is 7.11. The zero-order valence-corrected chi connectivity index (χ0v) is 20.2. The first-order valence-corrected chi connectivity index (χ1v) is 12.3. The van der Waals surface area contributed by atoms with E-state index in [9.17, 15) is 4.39 Å². The van der Waals surface area contributed by atoms with Gasteiger partial charge in [0.2, 0.25) is 0 Å². The highest BCUT2D eigenvalue weighted by Crippen LogP contribution is 2.40. The Hall–Kier alpha value is -4.76. The topological polar surface area (TPSA) is 26.0 Å². The molecule has 7 aromatic rings. The van der Waals surface area contributed by atoms with Crippen molar-refractivity contribution in [2.45, 2.75) is 6.92 Å². The summed E-state index contributed by atoms with van der Waals surface area (Å²) in [6.45, 7) is 2.12. The zero-order valence-electron chi connectivity index (χ0n) is 20.2. The molecular formula is C34H22FNO. The second kappa shape index (κ2) is 8.42. The van der Waals surface area contributed by atoms with Gasteiger partial charge in [-0.2, -0.15) is 0 Å². The van der Waals surface area contributed by atoms with E-state index in [0.717, 1.165) is 66.2 Å². The largest absolute Gasteiger partial charge is 0.455 e. The van der Waals surface area contributed by atoms with Gasteiger partial charge in [0.05, 0.1) is 5.69 Å². The number of rotatable bonds is 3. The Bertz CT molecular complexity index is 1950. The summed E-state index contributed by atoms with van der Waals surface area (Å²) in [6.07, 6.45) is 1.95. The third kappa shape index (κ3) is 3.59. The average molecular weight is 480 g/mol. The van der Waals surface area contributed by atoms with E-state index in [-0.39, 0.29) is 5.82 Å². The Morgan fingerprint density at radius 3 is 2.19 bits per heavy atom. The molecule has 5 aromatic carbocycles. The van der Waals surface area contributed by atoms with Gasteiger partial charge in [-0.3, -0.25) is 4.98 Å². The molecule has 0 bridgehead atoms. The number of fused-ring (bicyclic) bond motifs is 5. The van der Waals surface area contributed by atoms with E-state index in [0.29, 0.717) is 0 Å². The number of halogens is 1. The van der Waals surface area contributed by atoms with Crippen molar-refractivity contribution in [2.24, 2.45) is 0 Å². The fourth-order valence-corrected chi connectivity index (χ4v) is 5.29. The molecule has 0 N–H and O–H groups in total. The fourth-order valence-electron chi connectivity index (χ4n) is 5.29. The van der Waals surface area contributed by atoms with E-state index >= 15 is 0 Å². The lowest BCUT2D eigenvalue weighted by atomic mass is 9.95. The summed E-state index contributed by atoms with van der Waals surface area (Å²) in [4.78, 5) is 4.78. The summed E-state index contributed by atoms with van der Waals surface area (Å²) in [6, 6.07) is 35.7. The monoisotopic (exact) mass is 479 g/mol. The van der Waals surface area contributed by atoms with E-state index in [1.165, 1.54) is 11.6 Å². The number of furan rings is 1.